The zero-order valence-electron chi connectivity index (χ0n) is 73.2. The maximum atomic E-state index is 13.9. The fourth-order valence-electron chi connectivity index (χ4n) is 16.9. The number of hydrogen-bond donors (Lipinski definition) is 0. The van der Waals surface area contributed by atoms with Crippen molar-refractivity contribution < 1.29 is 77.0 Å². The summed E-state index contributed by atoms with van der Waals surface area (Å²) in [5.74, 6) is -0.698. The number of carbonyl (C=O) groups excluding carboxylic acids is 5. The van der Waals surface area contributed by atoms with Crippen LogP contribution >= 0.6 is 92.8 Å². The minimum absolute atomic E-state index is 0.00876. The molecule has 0 saturated carbocycles. The molecule has 0 radical (unpaired) electrons. The Balaban J connectivity index is 0.000000149. The summed E-state index contributed by atoms with van der Waals surface area (Å²) in [6.07, 6.45) is -8.76. The number of nitrogens with zero attached hydrogens (tertiary/aromatic N) is 12. The van der Waals surface area contributed by atoms with Crippen LogP contribution in [0.25, 0.3) is 44.1 Å². The first kappa shape index (κ1) is 99.2. The Morgan fingerprint density at radius 3 is 1.01 bits per heavy atom. The molecular weight excluding hydrogens is 1890 g/mol. The van der Waals surface area contributed by atoms with Gasteiger partial charge in [0.2, 0.25) is 0 Å². The first-order chi connectivity index (χ1) is 61.5. The highest BCUT2D eigenvalue weighted by Gasteiger charge is 2.40. The monoisotopic (exact) mass is 1970 g/mol. The molecule has 0 spiro atoms. The summed E-state index contributed by atoms with van der Waals surface area (Å²) in [6.45, 7) is 18.6. The Kier molecular flexibility index (Phi) is 29.8. The minimum Gasteiger partial charge on any atom is -0.378 e. The number of Topliss-reactive ketones (excluding diaryl/α,β-unsaturated/α-hetero) is 1. The highest BCUT2D eigenvalue weighted by atomic mass is 35.5. The summed E-state index contributed by atoms with van der Waals surface area (Å²) >= 11 is 52.2. The molecule has 4 aliphatic heterocycles. The third-order valence-electron chi connectivity index (χ3n) is 24.4. The maximum absolute atomic E-state index is 13.9. The van der Waals surface area contributed by atoms with Crippen molar-refractivity contribution in [2.24, 2.45) is 40.0 Å². The molecule has 131 heavy (non-hydrogen) atoms. The van der Waals surface area contributed by atoms with Gasteiger partial charge in [-0.1, -0.05) is 120 Å². The van der Waals surface area contributed by atoms with E-state index in [0.29, 0.717) is 232 Å². The van der Waals surface area contributed by atoms with Crippen LogP contribution in [0.5, 0.6) is 0 Å². The normalized spacial score (nSPS) is 15.2. The quantitative estimate of drug-likeness (QED) is 0.0797. The molecule has 4 aliphatic rings. The van der Waals surface area contributed by atoms with Gasteiger partial charge in [-0.2, -0.15) is 39.5 Å². The molecule has 4 fully saturated rings. The van der Waals surface area contributed by atoms with Crippen LogP contribution in [-0.2, 0) is 87.9 Å². The lowest BCUT2D eigenvalue weighted by molar-refractivity contribution is -0.138. The molecule has 4 saturated heterocycles. The third-order valence-corrected chi connectivity index (χ3v) is 27.5. The van der Waals surface area contributed by atoms with Crippen molar-refractivity contribution in [3.05, 3.63) is 250 Å². The first-order valence-corrected chi connectivity index (χ1v) is 45.1. The van der Waals surface area contributed by atoms with Gasteiger partial charge >= 0.3 is 18.5 Å². The van der Waals surface area contributed by atoms with E-state index in [1.165, 1.54) is 18.2 Å². The van der Waals surface area contributed by atoms with E-state index < -0.39 is 47.2 Å². The van der Waals surface area contributed by atoms with Crippen molar-refractivity contribution in [3.63, 3.8) is 0 Å². The molecule has 37 heteroatoms. The van der Waals surface area contributed by atoms with Gasteiger partial charge in [0, 0.05) is 139 Å². The van der Waals surface area contributed by atoms with Crippen molar-refractivity contribution in [2.45, 2.75) is 144 Å². The fraction of sp³-hybridized carbons (Fsp3) is 0.394. The van der Waals surface area contributed by atoms with Gasteiger partial charge in [0.05, 0.1) is 122 Å². The smallest absolute Gasteiger partial charge is 0.378 e. The van der Waals surface area contributed by atoms with Gasteiger partial charge < -0.3 is 42.6 Å². The van der Waals surface area contributed by atoms with E-state index in [2.05, 4.69) is 33.8 Å². The lowest BCUT2D eigenvalue weighted by atomic mass is 9.94. The molecule has 8 aromatic carbocycles. The molecule has 18 nitrogen and oxygen atoms in total. The summed E-state index contributed by atoms with van der Waals surface area (Å²) in [5, 5.41) is 2.41. The number of benzene rings is 8. The summed E-state index contributed by atoms with van der Waals surface area (Å²) < 4.78 is 159. The largest absolute Gasteiger partial charge is 0.416 e. The van der Waals surface area contributed by atoms with Gasteiger partial charge in [0.1, 0.15) is 23.3 Å². The zero-order chi connectivity index (χ0) is 95.6. The standard InChI is InChI=1S/C25H24Cl2F3N3O2.C24H24Cl2F3N3O.C23H23Cl2F2N3O2.C22H20Cl2F3N3O/c1-4-20(34)18-6-5-9-33(18)24(35)15-7-8-17(26)16(22(15)27)12-21-31-23-13(2)10-14(25(28,29)30)11-19(23)32(21)3;1-4-5-14-11-32(12-14)23(33)16-6-7-18(25)17(21(16)26)10-20-30-22-13(2)8-15(24(27,28)29)9-19(22)31(20)3;1-13-10-14(23(2,26)27)11-18-21(13)28-19(29(18)3)12-16-17(24)5-4-15(20(16)25)22(31)30-6-8-32-9-7-30;1-11-9-30(10-11)21(31)14-4-5-16(23)15(19(14)24)8-18-28-20-12(2)6-13(22(25,26)27)7-17(20)29(18)3/h7-8,10-11,18H,4-6,9,12H2,1-3H3;6-9,14H,4-5,10-12H2,1-3H3;4-5,10-11H,6-9,12H2,1-3H3;4-7,11H,8-10H2,1-3H3/t18-;;;/m0.../s1. The Morgan fingerprint density at radius 1 is 0.412 bits per heavy atom. The number of hydrogen-bond acceptors (Lipinski definition) is 10. The molecule has 0 unspecified atom stereocenters. The summed E-state index contributed by atoms with van der Waals surface area (Å²) in [6, 6.07) is 21.8. The first-order valence-electron chi connectivity index (χ1n) is 42.1. The number of likely N-dealkylation sites (tertiary alicyclic amines) is 3. The predicted molar refractivity (Wildman–Crippen MR) is 489 cm³/mol. The lowest BCUT2D eigenvalue weighted by Crippen LogP contribution is -2.49. The molecule has 4 amide bonds. The van der Waals surface area contributed by atoms with Crippen molar-refractivity contribution in [1.29, 1.82) is 0 Å². The average Bonchev–Trinajstić information content (AvgIpc) is 1.60. The van der Waals surface area contributed by atoms with Crippen molar-refractivity contribution >= 4 is 166 Å². The van der Waals surface area contributed by atoms with E-state index in [-0.39, 0.29) is 86.3 Å². The predicted octanol–water partition coefficient (Wildman–Crippen LogP) is 24.3. The van der Waals surface area contributed by atoms with E-state index in [1.54, 1.807) is 143 Å². The van der Waals surface area contributed by atoms with Gasteiger partial charge in [0.15, 0.2) is 5.78 Å². The number of imidazole rings is 4. The van der Waals surface area contributed by atoms with E-state index in [9.17, 15) is 72.3 Å². The molecule has 696 valence electrons. The third kappa shape index (κ3) is 20.8. The number of carbonyl (C=O) groups is 5. The second-order valence-corrected chi connectivity index (χ2v) is 36.8. The highest BCUT2D eigenvalue weighted by Crippen LogP contribution is 2.43. The molecule has 8 heterocycles. The number of fused-ring (bicyclic) bond motifs is 4. The molecule has 1 atom stereocenters. The number of amides is 4. The topological polar surface area (TPSA) is 179 Å². The van der Waals surface area contributed by atoms with Crippen LogP contribution in [-0.4, -0.2) is 152 Å². The number of ether oxygens (including phenoxy) is 1. The Bertz CT molecular complexity index is 6500. The summed E-state index contributed by atoms with van der Waals surface area (Å²) in [5.41, 5.74) is 6.84. The maximum Gasteiger partial charge on any atom is 0.416 e. The number of ketones is 1. The van der Waals surface area contributed by atoms with E-state index in [0.717, 1.165) is 62.6 Å². The van der Waals surface area contributed by atoms with Gasteiger partial charge in [0.25, 0.3) is 29.6 Å². The van der Waals surface area contributed by atoms with Crippen LogP contribution in [0.1, 0.15) is 191 Å². The van der Waals surface area contributed by atoms with Crippen LogP contribution in [0.15, 0.2) is 97.1 Å². The average molecular weight is 1980 g/mol. The SMILES string of the molecule is CCC(=O)[C@@H]1CCCN1C(=O)c1ccc(Cl)c(Cc2nc3c(C)cc(C(F)(F)F)cc3n2C)c1Cl.CCCC1CN(C(=O)c2ccc(Cl)c(Cc3nc4c(C)cc(C(F)(F)F)cc4n3C)c2Cl)C1.Cc1cc(C(C)(F)F)cc2c1nc(Cc1c(Cl)ccc(C(=O)N3CCOCC3)c1Cl)n2C.Cc1cc(C(F)(F)F)cc2c1nc(Cc1c(Cl)ccc(C(=O)N3CC(C)C3)c1Cl)n2C. The van der Waals surface area contributed by atoms with Crippen molar-refractivity contribution in [3.8, 4) is 0 Å². The molecular formula is C94H91Cl8F11N12O6. The van der Waals surface area contributed by atoms with E-state index >= 15 is 0 Å². The Morgan fingerprint density at radius 2 is 0.710 bits per heavy atom. The number of alkyl halides is 11. The molecule has 16 rings (SSSR count). The number of aryl methyl sites for hydroxylation is 8. The summed E-state index contributed by atoms with van der Waals surface area (Å²) in [7, 11) is 6.72. The number of halogens is 19. The van der Waals surface area contributed by atoms with Crippen LogP contribution in [0.2, 0.25) is 40.2 Å². The lowest BCUT2D eigenvalue weighted by Gasteiger charge is -2.39. The second kappa shape index (κ2) is 39.3. The molecule has 0 bridgehead atoms. The molecule has 4 aromatic heterocycles. The van der Waals surface area contributed by atoms with Crippen LogP contribution in [0.3, 0.4) is 0 Å². The zero-order valence-corrected chi connectivity index (χ0v) is 79.2. The van der Waals surface area contributed by atoms with Crippen molar-refractivity contribution in [1.82, 2.24) is 57.8 Å². The van der Waals surface area contributed by atoms with Crippen LogP contribution < -0.4 is 0 Å². The van der Waals surface area contributed by atoms with Crippen LogP contribution in [0, 0.1) is 39.5 Å². The summed E-state index contributed by atoms with van der Waals surface area (Å²) in [4.78, 5) is 89.4. The minimum atomic E-state index is -4.47. The number of rotatable bonds is 17. The fourth-order valence-corrected chi connectivity index (χ4v) is 19.3. The molecule has 0 N–H and O–H groups in total. The van der Waals surface area contributed by atoms with Gasteiger partial charge in [-0.3, -0.25) is 24.0 Å². The Labute approximate surface area is 788 Å². The molecule has 0 aliphatic carbocycles. The number of morpholine rings is 1. The molecule has 12 aromatic rings. The van der Waals surface area contributed by atoms with Crippen LogP contribution in [0.4, 0.5) is 48.3 Å². The number of aromatic nitrogens is 8. The van der Waals surface area contributed by atoms with E-state index in [4.69, 9.17) is 97.5 Å². The Hall–Kier alpha value is -9.30. The van der Waals surface area contributed by atoms with E-state index in [1.807, 2.05) is 0 Å². The van der Waals surface area contributed by atoms with Crippen molar-refractivity contribution in [2.75, 3.05) is 59.0 Å². The van der Waals surface area contributed by atoms with Gasteiger partial charge in [-0.15, -0.1) is 0 Å². The highest BCUT2D eigenvalue weighted by molar-refractivity contribution is 6.40. The van der Waals surface area contributed by atoms with Gasteiger partial charge in [-0.05, 0) is 200 Å². The van der Waals surface area contributed by atoms with Gasteiger partial charge in [-0.25, -0.2) is 28.7 Å². The second-order valence-electron chi connectivity index (χ2n) is 33.7.